The average Bonchev–Trinajstić information content (AvgIpc) is 2.19. The summed E-state index contributed by atoms with van der Waals surface area (Å²) in [7, 11) is 0. The second-order valence-corrected chi connectivity index (χ2v) is 3.68. The summed E-state index contributed by atoms with van der Waals surface area (Å²) in [6.45, 7) is 7.49. The van der Waals surface area contributed by atoms with Crippen LogP contribution in [0.4, 0.5) is 0 Å². The van der Waals surface area contributed by atoms with Gasteiger partial charge in [-0.1, -0.05) is 12.2 Å². The van der Waals surface area contributed by atoms with Crippen LogP contribution in [0.25, 0.3) is 0 Å². The molecule has 1 aliphatic rings. The number of ether oxygens (including phenoxy) is 1. The number of hydrogen-bond acceptors (Lipinski definition) is 1. The monoisotopic (exact) mass is 180 g/mol. The van der Waals surface area contributed by atoms with Crippen molar-refractivity contribution in [3.05, 3.63) is 25.3 Å². The highest BCUT2D eigenvalue weighted by molar-refractivity contribution is 4.84. The molecule has 74 valence electrons. The number of hydrogen-bond donors (Lipinski definition) is 0. The van der Waals surface area contributed by atoms with Crippen LogP contribution in [0.15, 0.2) is 25.3 Å². The molecule has 0 spiro atoms. The van der Waals surface area contributed by atoms with Gasteiger partial charge in [-0.25, -0.2) is 0 Å². The van der Waals surface area contributed by atoms with Crippen molar-refractivity contribution in [3.63, 3.8) is 0 Å². The van der Waals surface area contributed by atoms with E-state index in [1.54, 1.807) is 0 Å². The Morgan fingerprint density at radius 1 is 1.31 bits per heavy atom. The van der Waals surface area contributed by atoms with E-state index in [0.717, 1.165) is 12.8 Å². The van der Waals surface area contributed by atoms with Crippen molar-refractivity contribution in [1.82, 2.24) is 0 Å². The van der Waals surface area contributed by atoms with Gasteiger partial charge < -0.3 is 4.74 Å². The van der Waals surface area contributed by atoms with E-state index in [-0.39, 0.29) is 0 Å². The van der Waals surface area contributed by atoms with E-state index in [2.05, 4.69) is 13.2 Å². The second kappa shape index (κ2) is 5.98. The van der Waals surface area contributed by atoms with E-state index in [4.69, 9.17) is 4.74 Å². The molecule has 0 aromatic carbocycles. The zero-order valence-electron chi connectivity index (χ0n) is 8.37. The maximum atomic E-state index is 5.83. The minimum Gasteiger partial charge on any atom is -0.371 e. The lowest BCUT2D eigenvalue weighted by Crippen LogP contribution is -2.25. The summed E-state index contributed by atoms with van der Waals surface area (Å²) in [5.41, 5.74) is 0. The van der Waals surface area contributed by atoms with Gasteiger partial charge in [0.15, 0.2) is 0 Å². The van der Waals surface area contributed by atoms with E-state index in [1.807, 2.05) is 12.2 Å². The standard InChI is InChI=1S/C12H20O/c1-3-5-6-8-12-10-7-9-11(4-2)13-12/h3-4,11-12H,1-2,5-10H2/t11-,12+/m0/s1. The maximum Gasteiger partial charge on any atom is 0.0757 e. The third-order valence-electron chi connectivity index (χ3n) is 2.58. The van der Waals surface area contributed by atoms with Crippen LogP contribution in [-0.2, 0) is 4.74 Å². The fourth-order valence-corrected chi connectivity index (χ4v) is 1.81. The fourth-order valence-electron chi connectivity index (χ4n) is 1.81. The SMILES string of the molecule is C=CCCC[C@@H]1CCC[C@H](C=C)O1. The van der Waals surface area contributed by atoms with Gasteiger partial charge in [0.1, 0.15) is 0 Å². The van der Waals surface area contributed by atoms with Crippen LogP contribution in [-0.4, -0.2) is 12.2 Å². The van der Waals surface area contributed by atoms with E-state index < -0.39 is 0 Å². The van der Waals surface area contributed by atoms with Crippen molar-refractivity contribution in [2.45, 2.75) is 50.7 Å². The topological polar surface area (TPSA) is 9.23 Å². The van der Waals surface area contributed by atoms with Gasteiger partial charge >= 0.3 is 0 Å². The number of allylic oxidation sites excluding steroid dienone is 1. The molecule has 0 N–H and O–H groups in total. The largest absolute Gasteiger partial charge is 0.371 e. The molecule has 1 heteroatoms. The summed E-state index contributed by atoms with van der Waals surface area (Å²) in [6, 6.07) is 0. The molecule has 1 aliphatic heterocycles. The van der Waals surface area contributed by atoms with Crippen molar-refractivity contribution in [3.8, 4) is 0 Å². The number of unbranched alkanes of at least 4 members (excludes halogenated alkanes) is 1. The molecule has 2 atom stereocenters. The predicted octanol–water partition coefficient (Wildman–Crippen LogP) is 3.47. The first-order valence-corrected chi connectivity index (χ1v) is 5.25. The average molecular weight is 180 g/mol. The lowest BCUT2D eigenvalue weighted by atomic mass is 10.00. The summed E-state index contributed by atoms with van der Waals surface area (Å²) in [5.74, 6) is 0. The lowest BCUT2D eigenvalue weighted by molar-refractivity contribution is -0.0294. The van der Waals surface area contributed by atoms with Crippen molar-refractivity contribution >= 4 is 0 Å². The molecule has 0 aromatic rings. The van der Waals surface area contributed by atoms with Gasteiger partial charge in [-0.15, -0.1) is 13.2 Å². The highest BCUT2D eigenvalue weighted by Crippen LogP contribution is 2.22. The van der Waals surface area contributed by atoms with E-state index in [0.29, 0.717) is 12.2 Å². The Balaban J connectivity index is 2.17. The van der Waals surface area contributed by atoms with Crippen LogP contribution in [0.2, 0.25) is 0 Å². The van der Waals surface area contributed by atoms with Gasteiger partial charge in [0.05, 0.1) is 12.2 Å². The summed E-state index contributed by atoms with van der Waals surface area (Å²) >= 11 is 0. The molecule has 1 fully saturated rings. The molecule has 0 aromatic heterocycles. The first-order chi connectivity index (χ1) is 6.36. The molecular formula is C12H20O. The normalized spacial score (nSPS) is 28.3. The van der Waals surface area contributed by atoms with Gasteiger partial charge in [0, 0.05) is 0 Å². The third kappa shape index (κ3) is 3.77. The van der Waals surface area contributed by atoms with Crippen LogP contribution in [0, 0.1) is 0 Å². The van der Waals surface area contributed by atoms with Crippen molar-refractivity contribution in [2.24, 2.45) is 0 Å². The fraction of sp³-hybridized carbons (Fsp3) is 0.667. The molecular weight excluding hydrogens is 160 g/mol. The Kier molecular flexibility index (Phi) is 4.84. The molecule has 0 unspecified atom stereocenters. The Labute approximate surface area is 81.5 Å². The summed E-state index contributed by atoms with van der Waals surface area (Å²) < 4.78 is 5.83. The third-order valence-corrected chi connectivity index (χ3v) is 2.58. The zero-order chi connectivity index (χ0) is 9.52. The van der Waals surface area contributed by atoms with Gasteiger partial charge in [0.25, 0.3) is 0 Å². The van der Waals surface area contributed by atoms with E-state index in [1.165, 1.54) is 25.7 Å². The molecule has 1 rings (SSSR count). The quantitative estimate of drug-likeness (QED) is 0.465. The Bertz CT molecular complexity index is 163. The molecule has 0 amide bonds. The summed E-state index contributed by atoms with van der Waals surface area (Å²) in [5, 5.41) is 0. The van der Waals surface area contributed by atoms with Crippen LogP contribution in [0.5, 0.6) is 0 Å². The van der Waals surface area contributed by atoms with Crippen LogP contribution in [0.1, 0.15) is 38.5 Å². The lowest BCUT2D eigenvalue weighted by Gasteiger charge is -2.28. The van der Waals surface area contributed by atoms with Crippen LogP contribution < -0.4 is 0 Å². The summed E-state index contributed by atoms with van der Waals surface area (Å²) in [4.78, 5) is 0. The van der Waals surface area contributed by atoms with Gasteiger partial charge in [0.2, 0.25) is 0 Å². The van der Waals surface area contributed by atoms with Crippen molar-refractivity contribution < 1.29 is 4.74 Å². The Hall–Kier alpha value is -0.560. The predicted molar refractivity (Wildman–Crippen MR) is 56.8 cm³/mol. The highest BCUT2D eigenvalue weighted by Gasteiger charge is 2.19. The minimum absolute atomic E-state index is 0.308. The summed E-state index contributed by atoms with van der Waals surface area (Å²) in [6.07, 6.45) is 11.8. The molecule has 1 saturated heterocycles. The molecule has 0 aliphatic carbocycles. The molecule has 0 saturated carbocycles. The molecule has 0 radical (unpaired) electrons. The minimum atomic E-state index is 0.308. The van der Waals surface area contributed by atoms with Gasteiger partial charge in [-0.05, 0) is 38.5 Å². The first-order valence-electron chi connectivity index (χ1n) is 5.25. The van der Waals surface area contributed by atoms with Crippen LogP contribution in [0.3, 0.4) is 0 Å². The first kappa shape index (κ1) is 10.5. The second-order valence-electron chi connectivity index (χ2n) is 3.68. The zero-order valence-corrected chi connectivity index (χ0v) is 8.37. The Morgan fingerprint density at radius 3 is 2.85 bits per heavy atom. The number of rotatable bonds is 5. The van der Waals surface area contributed by atoms with Crippen molar-refractivity contribution in [1.29, 1.82) is 0 Å². The molecule has 13 heavy (non-hydrogen) atoms. The molecule has 1 nitrogen and oxygen atoms in total. The molecule has 0 bridgehead atoms. The van der Waals surface area contributed by atoms with E-state index >= 15 is 0 Å². The van der Waals surface area contributed by atoms with Crippen molar-refractivity contribution in [2.75, 3.05) is 0 Å². The van der Waals surface area contributed by atoms with Crippen LogP contribution >= 0.6 is 0 Å². The Morgan fingerprint density at radius 2 is 2.15 bits per heavy atom. The smallest absolute Gasteiger partial charge is 0.0757 e. The van der Waals surface area contributed by atoms with E-state index in [9.17, 15) is 0 Å². The molecule has 1 heterocycles. The maximum absolute atomic E-state index is 5.83. The van der Waals surface area contributed by atoms with Gasteiger partial charge in [-0.2, -0.15) is 0 Å². The highest BCUT2D eigenvalue weighted by atomic mass is 16.5. The van der Waals surface area contributed by atoms with Gasteiger partial charge in [-0.3, -0.25) is 0 Å².